The SMILES string of the molecule is Cc1ccc(C(=O)c2ccc(N(C)C=O)cc2)cc1. The summed E-state index contributed by atoms with van der Waals surface area (Å²) in [5, 5.41) is 0. The molecule has 3 nitrogen and oxygen atoms in total. The van der Waals surface area contributed by atoms with Gasteiger partial charge in [-0.25, -0.2) is 0 Å². The molecule has 2 aromatic rings. The quantitative estimate of drug-likeness (QED) is 0.620. The Balaban J connectivity index is 2.24. The molecule has 0 unspecified atom stereocenters. The first-order valence-corrected chi connectivity index (χ1v) is 6.01. The van der Waals surface area contributed by atoms with Crippen molar-refractivity contribution in [3.63, 3.8) is 0 Å². The van der Waals surface area contributed by atoms with Gasteiger partial charge >= 0.3 is 0 Å². The third kappa shape index (κ3) is 2.88. The van der Waals surface area contributed by atoms with Crippen LogP contribution in [0.15, 0.2) is 48.5 Å². The molecular formula is C16H15NO2. The first kappa shape index (κ1) is 13.0. The molecule has 0 saturated heterocycles. The topological polar surface area (TPSA) is 37.4 Å². The number of hydrogen-bond acceptors (Lipinski definition) is 2. The Morgan fingerprint density at radius 1 is 0.947 bits per heavy atom. The Morgan fingerprint density at radius 2 is 1.42 bits per heavy atom. The second kappa shape index (κ2) is 5.48. The lowest BCUT2D eigenvalue weighted by molar-refractivity contribution is -0.107. The van der Waals surface area contributed by atoms with Gasteiger partial charge in [0.25, 0.3) is 0 Å². The molecule has 0 bridgehead atoms. The number of carbonyl (C=O) groups is 2. The average molecular weight is 253 g/mol. The molecule has 0 N–H and O–H groups in total. The minimum absolute atomic E-state index is 0.0136. The van der Waals surface area contributed by atoms with Gasteiger partial charge in [-0.15, -0.1) is 0 Å². The van der Waals surface area contributed by atoms with Crippen LogP contribution in [-0.2, 0) is 4.79 Å². The smallest absolute Gasteiger partial charge is 0.213 e. The van der Waals surface area contributed by atoms with E-state index in [4.69, 9.17) is 0 Å². The molecule has 0 fully saturated rings. The maximum absolute atomic E-state index is 12.2. The highest BCUT2D eigenvalue weighted by atomic mass is 16.1. The number of rotatable bonds is 4. The van der Waals surface area contributed by atoms with Crippen molar-refractivity contribution in [1.29, 1.82) is 0 Å². The normalized spacial score (nSPS) is 10.0. The van der Waals surface area contributed by atoms with E-state index in [1.54, 1.807) is 31.3 Å². The minimum Gasteiger partial charge on any atom is -0.318 e. The van der Waals surface area contributed by atoms with Crippen molar-refractivity contribution in [3.05, 3.63) is 65.2 Å². The average Bonchev–Trinajstić information content (AvgIpc) is 2.46. The zero-order valence-corrected chi connectivity index (χ0v) is 11.0. The number of amides is 1. The zero-order chi connectivity index (χ0) is 13.8. The van der Waals surface area contributed by atoms with Crippen LogP contribution >= 0.6 is 0 Å². The minimum atomic E-state index is -0.0136. The molecule has 0 radical (unpaired) electrons. The first-order valence-electron chi connectivity index (χ1n) is 6.01. The summed E-state index contributed by atoms with van der Waals surface area (Å²) in [6, 6.07) is 14.5. The summed E-state index contributed by atoms with van der Waals surface area (Å²) in [7, 11) is 1.67. The number of benzene rings is 2. The van der Waals surface area contributed by atoms with Crippen LogP contribution in [0.1, 0.15) is 21.5 Å². The third-order valence-corrected chi connectivity index (χ3v) is 3.01. The summed E-state index contributed by atoms with van der Waals surface area (Å²) in [6.45, 7) is 1.98. The highest BCUT2D eigenvalue weighted by Gasteiger charge is 2.09. The van der Waals surface area contributed by atoms with E-state index in [9.17, 15) is 9.59 Å². The number of nitrogens with zero attached hydrogens (tertiary/aromatic N) is 1. The van der Waals surface area contributed by atoms with Gasteiger partial charge in [0.2, 0.25) is 6.41 Å². The standard InChI is InChI=1S/C16H15NO2/c1-12-3-5-13(6-4-12)16(19)14-7-9-15(10-8-14)17(2)11-18/h3-11H,1-2H3. The van der Waals surface area contributed by atoms with Gasteiger partial charge in [0.15, 0.2) is 5.78 Å². The van der Waals surface area contributed by atoms with Gasteiger partial charge in [-0.2, -0.15) is 0 Å². The largest absolute Gasteiger partial charge is 0.318 e. The van der Waals surface area contributed by atoms with E-state index in [1.807, 2.05) is 31.2 Å². The second-order valence-electron chi connectivity index (χ2n) is 4.46. The molecule has 0 aliphatic carbocycles. The fraction of sp³-hybridized carbons (Fsp3) is 0.125. The Bertz CT molecular complexity index is 585. The molecular weight excluding hydrogens is 238 g/mol. The van der Waals surface area contributed by atoms with Crippen LogP contribution in [0, 0.1) is 6.92 Å². The summed E-state index contributed by atoms with van der Waals surface area (Å²) in [4.78, 5) is 24.3. The van der Waals surface area contributed by atoms with Crippen molar-refractivity contribution in [1.82, 2.24) is 0 Å². The number of anilines is 1. The Kier molecular flexibility index (Phi) is 3.76. The molecule has 0 aromatic heterocycles. The predicted molar refractivity (Wildman–Crippen MR) is 75.5 cm³/mol. The zero-order valence-electron chi connectivity index (χ0n) is 11.0. The van der Waals surface area contributed by atoms with Gasteiger partial charge in [0, 0.05) is 23.9 Å². The van der Waals surface area contributed by atoms with Crippen molar-refractivity contribution >= 4 is 17.9 Å². The van der Waals surface area contributed by atoms with E-state index in [1.165, 1.54) is 4.90 Å². The highest BCUT2D eigenvalue weighted by Crippen LogP contribution is 2.16. The molecule has 3 heteroatoms. The lowest BCUT2D eigenvalue weighted by atomic mass is 10.0. The van der Waals surface area contributed by atoms with Crippen LogP contribution in [0.2, 0.25) is 0 Å². The number of aryl methyl sites for hydroxylation is 1. The second-order valence-corrected chi connectivity index (χ2v) is 4.46. The van der Waals surface area contributed by atoms with Crippen LogP contribution in [0.5, 0.6) is 0 Å². The Labute approximate surface area is 112 Å². The molecule has 0 aliphatic heterocycles. The van der Waals surface area contributed by atoms with Crippen LogP contribution in [0.3, 0.4) is 0 Å². The number of hydrogen-bond donors (Lipinski definition) is 0. The fourth-order valence-corrected chi connectivity index (χ4v) is 1.78. The number of carbonyl (C=O) groups excluding carboxylic acids is 2. The molecule has 0 aliphatic rings. The van der Waals surface area contributed by atoms with Crippen molar-refractivity contribution < 1.29 is 9.59 Å². The van der Waals surface area contributed by atoms with E-state index in [0.717, 1.165) is 17.7 Å². The van der Waals surface area contributed by atoms with Crippen molar-refractivity contribution in [2.45, 2.75) is 6.92 Å². The summed E-state index contributed by atoms with van der Waals surface area (Å²) in [6.07, 6.45) is 0.733. The predicted octanol–water partition coefficient (Wildman–Crippen LogP) is 2.82. The lowest BCUT2D eigenvalue weighted by Crippen LogP contribution is -2.13. The van der Waals surface area contributed by atoms with Gasteiger partial charge in [0.1, 0.15) is 0 Å². The van der Waals surface area contributed by atoms with Crippen LogP contribution in [0.25, 0.3) is 0 Å². The Morgan fingerprint density at radius 3 is 1.89 bits per heavy atom. The van der Waals surface area contributed by atoms with Crippen molar-refractivity contribution in [3.8, 4) is 0 Å². The molecule has 96 valence electrons. The van der Waals surface area contributed by atoms with Crippen molar-refractivity contribution in [2.75, 3.05) is 11.9 Å². The summed E-state index contributed by atoms with van der Waals surface area (Å²) < 4.78 is 0. The van der Waals surface area contributed by atoms with Gasteiger partial charge in [-0.05, 0) is 31.2 Å². The van der Waals surface area contributed by atoms with Crippen molar-refractivity contribution in [2.24, 2.45) is 0 Å². The van der Waals surface area contributed by atoms with Crippen LogP contribution < -0.4 is 4.90 Å². The van der Waals surface area contributed by atoms with E-state index < -0.39 is 0 Å². The van der Waals surface area contributed by atoms with E-state index in [0.29, 0.717) is 11.1 Å². The molecule has 0 atom stereocenters. The van der Waals surface area contributed by atoms with Crippen LogP contribution in [-0.4, -0.2) is 19.2 Å². The summed E-state index contributed by atoms with van der Waals surface area (Å²) in [5.74, 6) is -0.0136. The van der Waals surface area contributed by atoms with Gasteiger partial charge in [-0.1, -0.05) is 29.8 Å². The van der Waals surface area contributed by atoms with Gasteiger partial charge in [0.05, 0.1) is 0 Å². The van der Waals surface area contributed by atoms with E-state index in [2.05, 4.69) is 0 Å². The molecule has 1 amide bonds. The number of ketones is 1. The summed E-state index contributed by atoms with van der Waals surface area (Å²) in [5.41, 5.74) is 3.17. The van der Waals surface area contributed by atoms with Gasteiger partial charge < -0.3 is 4.90 Å². The fourth-order valence-electron chi connectivity index (χ4n) is 1.78. The molecule has 0 heterocycles. The molecule has 19 heavy (non-hydrogen) atoms. The molecule has 0 saturated carbocycles. The van der Waals surface area contributed by atoms with E-state index >= 15 is 0 Å². The lowest BCUT2D eigenvalue weighted by Gasteiger charge is -2.10. The third-order valence-electron chi connectivity index (χ3n) is 3.01. The first-order chi connectivity index (χ1) is 9.11. The van der Waals surface area contributed by atoms with E-state index in [-0.39, 0.29) is 5.78 Å². The summed E-state index contributed by atoms with van der Waals surface area (Å²) >= 11 is 0. The van der Waals surface area contributed by atoms with Gasteiger partial charge in [-0.3, -0.25) is 9.59 Å². The molecule has 2 rings (SSSR count). The maximum atomic E-state index is 12.2. The monoisotopic (exact) mass is 253 g/mol. The molecule has 2 aromatic carbocycles. The van der Waals surface area contributed by atoms with Crippen LogP contribution in [0.4, 0.5) is 5.69 Å². The maximum Gasteiger partial charge on any atom is 0.213 e. The molecule has 0 spiro atoms. The Hall–Kier alpha value is -2.42. The highest BCUT2D eigenvalue weighted by molar-refractivity contribution is 6.09.